The highest BCUT2D eigenvalue weighted by Crippen LogP contribution is 2.26. The average molecular weight is 362 g/mol. The number of amides is 1. The molecule has 6 heteroatoms. The second-order valence-electron chi connectivity index (χ2n) is 6.71. The minimum Gasteiger partial charge on any atom is -0.441 e. The molecule has 0 atom stereocenters. The predicted molar refractivity (Wildman–Crippen MR) is 94.4 cm³/mol. The lowest BCUT2D eigenvalue weighted by Gasteiger charge is -2.33. The maximum Gasteiger partial charge on any atom is 0.223 e. The van der Waals surface area contributed by atoms with Crippen LogP contribution in [0.25, 0.3) is 11.3 Å². The number of carbonyl (C=O) groups is 1. The molecule has 3 rings (SSSR count). The van der Waals surface area contributed by atoms with E-state index in [4.69, 9.17) is 4.42 Å². The van der Waals surface area contributed by atoms with Crippen molar-refractivity contribution in [3.8, 4) is 11.3 Å². The Morgan fingerprint density at radius 3 is 2.73 bits per heavy atom. The van der Waals surface area contributed by atoms with E-state index in [1.54, 1.807) is 0 Å². The first kappa shape index (κ1) is 18.5. The number of halogens is 2. The largest absolute Gasteiger partial charge is 0.441 e. The Morgan fingerprint density at radius 2 is 2.04 bits per heavy atom. The Bertz CT molecular complexity index is 754. The van der Waals surface area contributed by atoms with Crippen LogP contribution in [0.15, 0.2) is 28.8 Å². The summed E-state index contributed by atoms with van der Waals surface area (Å²) in [7, 11) is 0. The van der Waals surface area contributed by atoms with Crippen LogP contribution in [0.2, 0.25) is 0 Å². The van der Waals surface area contributed by atoms with Gasteiger partial charge in [-0.25, -0.2) is 13.8 Å². The number of nitrogens with zero attached hydrogens (tertiary/aromatic N) is 2. The second kappa shape index (κ2) is 8.43. The normalized spacial score (nSPS) is 15.2. The highest BCUT2D eigenvalue weighted by atomic mass is 19.1. The molecule has 1 saturated carbocycles. The highest BCUT2D eigenvalue weighted by Gasteiger charge is 2.24. The summed E-state index contributed by atoms with van der Waals surface area (Å²) in [5.74, 6) is -0.606. The van der Waals surface area contributed by atoms with Gasteiger partial charge in [0.1, 0.15) is 11.6 Å². The number of rotatable bonds is 6. The minimum absolute atomic E-state index is 0.104. The number of aromatic nitrogens is 1. The Morgan fingerprint density at radius 1 is 1.27 bits per heavy atom. The smallest absolute Gasteiger partial charge is 0.223 e. The molecule has 1 aliphatic rings. The number of benzene rings is 1. The van der Waals surface area contributed by atoms with E-state index in [0.29, 0.717) is 31.3 Å². The summed E-state index contributed by atoms with van der Waals surface area (Å²) in [6.45, 7) is 2.72. The van der Waals surface area contributed by atoms with Crippen molar-refractivity contribution in [3.05, 3.63) is 41.9 Å². The number of carbonyl (C=O) groups excluding carboxylic acids is 1. The highest BCUT2D eigenvalue weighted by molar-refractivity contribution is 5.76. The predicted octanol–water partition coefficient (Wildman–Crippen LogP) is 4.73. The van der Waals surface area contributed by atoms with E-state index in [0.717, 1.165) is 18.9 Å². The Hall–Kier alpha value is -2.24. The fourth-order valence-electron chi connectivity index (χ4n) is 3.63. The first-order chi connectivity index (χ1) is 12.6. The molecule has 1 fully saturated rings. The fourth-order valence-corrected chi connectivity index (χ4v) is 3.63. The van der Waals surface area contributed by atoms with Crippen molar-refractivity contribution in [2.24, 2.45) is 0 Å². The third-order valence-corrected chi connectivity index (χ3v) is 4.98. The summed E-state index contributed by atoms with van der Waals surface area (Å²) in [5.41, 5.74) is 0.161. The van der Waals surface area contributed by atoms with E-state index in [9.17, 15) is 13.6 Å². The van der Waals surface area contributed by atoms with Gasteiger partial charge in [0.05, 0.1) is 11.8 Å². The van der Waals surface area contributed by atoms with Crippen LogP contribution in [0.5, 0.6) is 0 Å². The van der Waals surface area contributed by atoms with E-state index in [1.165, 1.54) is 37.6 Å². The summed E-state index contributed by atoms with van der Waals surface area (Å²) in [6, 6.07) is 3.65. The molecule has 0 N–H and O–H groups in total. The van der Waals surface area contributed by atoms with Crippen molar-refractivity contribution in [1.29, 1.82) is 0 Å². The standard InChI is InChI=1S/C20H24F2N2O2/c1-2-24(15-6-4-3-5-7-15)20(25)11-10-19-23-13-18(26-19)16-9-8-14(21)12-17(16)22/h8-9,12-13,15H,2-7,10-11H2,1H3. The van der Waals surface area contributed by atoms with Crippen LogP contribution < -0.4 is 0 Å². The van der Waals surface area contributed by atoms with Crippen molar-refractivity contribution in [2.45, 2.75) is 57.9 Å². The number of hydrogen-bond donors (Lipinski definition) is 0. The van der Waals surface area contributed by atoms with Crippen LogP contribution >= 0.6 is 0 Å². The van der Waals surface area contributed by atoms with Gasteiger partial charge in [-0.2, -0.15) is 0 Å². The van der Waals surface area contributed by atoms with E-state index < -0.39 is 11.6 Å². The lowest BCUT2D eigenvalue weighted by molar-refractivity contribution is -0.134. The van der Waals surface area contributed by atoms with E-state index in [2.05, 4.69) is 4.98 Å². The van der Waals surface area contributed by atoms with Gasteiger partial charge in [0.25, 0.3) is 0 Å². The van der Waals surface area contributed by atoms with Crippen molar-refractivity contribution < 1.29 is 18.0 Å². The summed E-state index contributed by atoms with van der Waals surface area (Å²) in [6.07, 6.45) is 7.86. The van der Waals surface area contributed by atoms with Gasteiger partial charge in [-0.05, 0) is 31.9 Å². The first-order valence-electron chi connectivity index (χ1n) is 9.28. The molecule has 140 valence electrons. The quantitative estimate of drug-likeness (QED) is 0.746. The van der Waals surface area contributed by atoms with Crippen LogP contribution in [-0.4, -0.2) is 28.4 Å². The third-order valence-electron chi connectivity index (χ3n) is 4.98. The molecule has 0 spiro atoms. The van der Waals surface area contributed by atoms with Crippen molar-refractivity contribution in [1.82, 2.24) is 9.88 Å². The Kier molecular flexibility index (Phi) is 6.01. The molecule has 0 saturated heterocycles. The maximum absolute atomic E-state index is 13.8. The molecule has 1 aromatic carbocycles. The summed E-state index contributed by atoms with van der Waals surface area (Å²) in [4.78, 5) is 18.7. The van der Waals surface area contributed by atoms with Gasteiger partial charge < -0.3 is 9.32 Å². The zero-order valence-electron chi connectivity index (χ0n) is 15.0. The number of aryl methyl sites for hydroxylation is 1. The monoisotopic (exact) mass is 362 g/mol. The molecule has 1 aliphatic carbocycles. The number of hydrogen-bond acceptors (Lipinski definition) is 3. The molecule has 26 heavy (non-hydrogen) atoms. The molecular formula is C20H24F2N2O2. The second-order valence-corrected chi connectivity index (χ2v) is 6.71. The average Bonchev–Trinajstić information content (AvgIpc) is 3.10. The Balaban J connectivity index is 1.61. The van der Waals surface area contributed by atoms with E-state index >= 15 is 0 Å². The summed E-state index contributed by atoms with van der Waals surface area (Å²) >= 11 is 0. The molecule has 0 bridgehead atoms. The molecule has 4 nitrogen and oxygen atoms in total. The molecular weight excluding hydrogens is 338 g/mol. The van der Waals surface area contributed by atoms with Gasteiger partial charge in [-0.3, -0.25) is 4.79 Å². The van der Waals surface area contributed by atoms with Gasteiger partial charge in [0.15, 0.2) is 11.7 Å². The van der Waals surface area contributed by atoms with E-state index in [-0.39, 0.29) is 17.2 Å². The molecule has 0 aliphatic heterocycles. The fraction of sp³-hybridized carbons (Fsp3) is 0.500. The van der Waals surface area contributed by atoms with Crippen LogP contribution in [0.4, 0.5) is 8.78 Å². The summed E-state index contributed by atoms with van der Waals surface area (Å²) in [5, 5.41) is 0. The minimum atomic E-state index is -0.696. The summed E-state index contributed by atoms with van der Waals surface area (Å²) < 4.78 is 32.4. The van der Waals surface area contributed by atoms with Crippen LogP contribution in [0, 0.1) is 11.6 Å². The molecule has 1 aromatic heterocycles. The molecule has 1 amide bonds. The van der Waals surface area contributed by atoms with Gasteiger partial charge in [0, 0.05) is 31.5 Å². The lowest BCUT2D eigenvalue weighted by Crippen LogP contribution is -2.41. The van der Waals surface area contributed by atoms with Crippen LogP contribution in [0.3, 0.4) is 0 Å². The molecule has 2 aromatic rings. The zero-order valence-corrected chi connectivity index (χ0v) is 15.0. The van der Waals surface area contributed by atoms with Crippen LogP contribution in [-0.2, 0) is 11.2 Å². The molecule has 0 radical (unpaired) electrons. The van der Waals surface area contributed by atoms with E-state index in [1.807, 2.05) is 11.8 Å². The number of oxazole rings is 1. The zero-order chi connectivity index (χ0) is 18.5. The van der Waals surface area contributed by atoms with Gasteiger partial charge in [-0.15, -0.1) is 0 Å². The maximum atomic E-state index is 13.8. The topological polar surface area (TPSA) is 46.3 Å². The van der Waals surface area contributed by atoms with Crippen molar-refractivity contribution in [3.63, 3.8) is 0 Å². The molecule has 1 heterocycles. The van der Waals surface area contributed by atoms with Gasteiger partial charge >= 0.3 is 0 Å². The van der Waals surface area contributed by atoms with Crippen molar-refractivity contribution in [2.75, 3.05) is 6.54 Å². The van der Waals surface area contributed by atoms with Crippen molar-refractivity contribution >= 4 is 5.91 Å². The molecule has 0 unspecified atom stereocenters. The lowest BCUT2D eigenvalue weighted by atomic mass is 9.94. The van der Waals surface area contributed by atoms with Crippen LogP contribution in [0.1, 0.15) is 51.3 Å². The SMILES string of the molecule is CCN(C(=O)CCc1ncc(-c2ccc(F)cc2F)o1)C1CCCCC1. The van der Waals surface area contributed by atoms with Gasteiger partial charge in [0.2, 0.25) is 5.91 Å². The third kappa shape index (κ3) is 4.29. The first-order valence-corrected chi connectivity index (χ1v) is 9.28. The van der Waals surface area contributed by atoms with Gasteiger partial charge in [-0.1, -0.05) is 19.3 Å². The Labute approximate surface area is 152 Å².